The third kappa shape index (κ3) is 19.5. The van der Waals surface area contributed by atoms with Crippen molar-refractivity contribution >= 4 is 53.4 Å². The second-order valence-electron chi connectivity index (χ2n) is 26.7. The summed E-state index contributed by atoms with van der Waals surface area (Å²) in [5.74, 6) is -8.50. The Kier molecular flexibility index (Phi) is 26.0. The summed E-state index contributed by atoms with van der Waals surface area (Å²) in [4.78, 5) is 116. The number of ether oxygens (including phenoxy) is 13. The minimum Gasteiger partial charge on any atom is -0.503 e. The number of phenolic OH excluding ortho intramolecular Hbond substituents is 1. The molecule has 0 unspecified atom stereocenters. The van der Waals surface area contributed by atoms with Crippen molar-refractivity contribution in [1.29, 1.82) is 0 Å². The van der Waals surface area contributed by atoms with Crippen molar-refractivity contribution in [1.82, 2.24) is 0 Å². The van der Waals surface area contributed by atoms with Gasteiger partial charge in [-0.2, -0.15) is 0 Å². The van der Waals surface area contributed by atoms with Gasteiger partial charge in [-0.15, -0.1) is 0 Å². The molecular weight excluding hydrogens is 1390 g/mol. The quantitative estimate of drug-likeness (QED) is 0.0233. The molecule has 0 amide bonds. The average molecular weight is 1470 g/mol. The molecule has 4 fully saturated rings. The molecule has 12 rings (SSSR count). The summed E-state index contributed by atoms with van der Waals surface area (Å²) in [5.41, 5.74) is 0.638. The highest BCUT2D eigenvalue weighted by atomic mass is 16.8. The zero-order valence-corrected chi connectivity index (χ0v) is 59.3. The van der Waals surface area contributed by atoms with Gasteiger partial charge in [0.1, 0.15) is 31.5 Å². The maximum absolute atomic E-state index is 15.2. The van der Waals surface area contributed by atoms with Crippen molar-refractivity contribution in [3.05, 3.63) is 269 Å². The van der Waals surface area contributed by atoms with Crippen molar-refractivity contribution in [3.63, 3.8) is 0 Å². The molecule has 562 valence electrons. The smallest absolute Gasteiger partial charge is 0.338 e. The van der Waals surface area contributed by atoms with Crippen LogP contribution in [0.3, 0.4) is 0 Å². The van der Waals surface area contributed by atoms with E-state index in [4.69, 9.17) is 61.6 Å². The molecule has 4 aliphatic rings. The van der Waals surface area contributed by atoms with E-state index in [2.05, 4.69) is 5.32 Å². The van der Waals surface area contributed by atoms with E-state index >= 15 is 9.59 Å². The molecule has 24 nitrogen and oxygen atoms in total. The largest absolute Gasteiger partial charge is 0.503 e. The third-order valence-corrected chi connectivity index (χ3v) is 19.3. The number of benzene rings is 8. The molecule has 0 radical (unpaired) electrons. The summed E-state index contributed by atoms with van der Waals surface area (Å²) in [5, 5.41) is 25.7. The molecule has 108 heavy (non-hydrogen) atoms. The number of aromatic carboxylic acids is 1. The fourth-order valence-electron chi connectivity index (χ4n) is 13.8. The lowest BCUT2D eigenvalue weighted by Gasteiger charge is -2.49. The highest BCUT2D eigenvalue weighted by Gasteiger charge is 2.57. The van der Waals surface area contributed by atoms with E-state index in [0.29, 0.717) is 5.56 Å². The summed E-state index contributed by atoms with van der Waals surface area (Å²) in [6.07, 6.45) is -17.1. The van der Waals surface area contributed by atoms with Crippen molar-refractivity contribution in [2.75, 3.05) is 19.0 Å². The van der Waals surface area contributed by atoms with Gasteiger partial charge in [-0.3, -0.25) is 0 Å². The molecule has 3 N–H and O–H groups in total. The number of methoxy groups -OCH3 is 1. The van der Waals surface area contributed by atoms with E-state index in [-0.39, 0.29) is 88.6 Å². The lowest BCUT2D eigenvalue weighted by molar-refractivity contribution is -0.343. The maximum Gasteiger partial charge on any atom is 0.338 e. The van der Waals surface area contributed by atoms with Crippen LogP contribution in [0.5, 0.6) is 11.5 Å². The molecule has 8 aromatic rings. The van der Waals surface area contributed by atoms with Crippen LogP contribution in [0.1, 0.15) is 143 Å². The number of esters is 7. The Balaban J connectivity index is 1.01. The van der Waals surface area contributed by atoms with Crippen LogP contribution in [0, 0.1) is 5.92 Å². The van der Waals surface area contributed by atoms with Gasteiger partial charge >= 0.3 is 47.8 Å². The van der Waals surface area contributed by atoms with Gasteiger partial charge in [0.15, 0.2) is 60.7 Å². The number of nitrogens with one attached hydrogen (secondary N) is 1. The van der Waals surface area contributed by atoms with Gasteiger partial charge in [0, 0.05) is 0 Å². The van der Waals surface area contributed by atoms with E-state index in [0.717, 1.165) is 38.2 Å². The Morgan fingerprint density at radius 3 is 1.39 bits per heavy atom. The number of phenols is 1. The van der Waals surface area contributed by atoms with Gasteiger partial charge in [-0.25, -0.2) is 38.4 Å². The third-order valence-electron chi connectivity index (χ3n) is 19.3. The highest BCUT2D eigenvalue weighted by molar-refractivity contribution is 5.93. The van der Waals surface area contributed by atoms with Crippen LogP contribution in [-0.2, 0) is 68.2 Å². The number of hydrogen-bond acceptors (Lipinski definition) is 23. The monoisotopic (exact) mass is 1470 g/mol. The first kappa shape index (κ1) is 76.4. The van der Waals surface area contributed by atoms with Crippen LogP contribution in [0.2, 0.25) is 0 Å². The fourth-order valence-corrected chi connectivity index (χ4v) is 13.8. The maximum atomic E-state index is 15.2. The highest BCUT2D eigenvalue weighted by Crippen LogP contribution is 2.42. The van der Waals surface area contributed by atoms with Crippen LogP contribution in [0.15, 0.2) is 224 Å². The fraction of sp³-hybridized carbons (Fsp3) is 0.333. The van der Waals surface area contributed by atoms with Crippen molar-refractivity contribution in [3.8, 4) is 11.5 Å². The number of carboxylic acid groups (broad SMARTS) is 1. The summed E-state index contributed by atoms with van der Waals surface area (Å²) in [7, 11) is 1.24. The molecule has 0 bridgehead atoms. The first-order chi connectivity index (χ1) is 52.5. The van der Waals surface area contributed by atoms with E-state index in [1.54, 1.807) is 133 Å². The first-order valence-electron chi connectivity index (χ1n) is 36.0. The van der Waals surface area contributed by atoms with Gasteiger partial charge in [0.25, 0.3) is 0 Å². The first-order valence-corrected chi connectivity index (χ1v) is 36.0. The Morgan fingerprint density at radius 1 is 0.454 bits per heavy atom. The molecule has 0 aromatic heterocycles. The lowest BCUT2D eigenvalue weighted by Crippen LogP contribution is -2.65. The molecule has 8 aromatic carbocycles. The predicted molar refractivity (Wildman–Crippen MR) is 387 cm³/mol. The number of carbonyl (C=O) groups is 8. The number of hydrogen-bond donors (Lipinski definition) is 3. The standard InChI is InChI=1S/C84H83NO23/c1-51-68(103-77(90)55-34-17-6-18-35-55)71(105-79(92)57-38-21-8-22-39-57)73(106-80(93)58-40-23-9-24-41-58)83(99-51)108-69-61(85-62-47-60(75(87)88)48-64(96-2)67(62)86)44-27-45-63(69)101-84-74(107-81(94)59-42-25-10-26-43-59)72(100-65(46-52-28-11-3-12-29-52)82(95)97-49-53-30-13-4-14-31-53)70(104-78(91)56-36-19-7-20-37-56)66(102-84)50-98-76(89)54-32-15-5-16-33-54/h4-10,13-26,30-43,47-48,51-52,61,63,65-66,68-74,83-86H,3,11-12,27-29,44-46,49-50H2,1-2H3,(H,87,88)/t51-,61-,63+,65-,66+,68+,69+,70-,71+,72-,73-,74+,83-,84+/m0/s1. The summed E-state index contributed by atoms with van der Waals surface area (Å²) >= 11 is 0. The normalized spacial score (nSPS) is 23.7. The molecular formula is C84H83NO23. The number of carboxylic acids is 1. The Bertz CT molecular complexity index is 4330. The SMILES string of the molecule is COc1cc(C(=O)O)cc(N[C@H]2CCC[C@@H](O[C@@H]3O[C@H](COC(=O)c4ccccc4)[C@H](OC(=O)c4ccccc4)[C@H](O[C@@H](CC4CCCCC4)C(=O)OCc4ccccc4)[C@H]3OC(=O)c3ccccc3)[C@@H]2O[C@@H]2O[C@@H](C)[C@@H](OC(=O)c3ccccc3)[C@@H](OC(=O)c3ccccc3)[C@@H]2OC(=O)c2ccccc2)c1O. The van der Waals surface area contributed by atoms with Crippen molar-refractivity contribution < 1.29 is 110 Å². The molecule has 24 heteroatoms. The summed E-state index contributed by atoms with van der Waals surface area (Å²) < 4.78 is 85.8. The molecule has 2 heterocycles. The van der Waals surface area contributed by atoms with Crippen LogP contribution >= 0.6 is 0 Å². The molecule has 2 aliphatic heterocycles. The zero-order valence-electron chi connectivity index (χ0n) is 59.3. The topological polar surface area (TPSA) is 309 Å². The Hall–Kier alpha value is -11.3. The number of rotatable bonds is 28. The minimum absolute atomic E-state index is 0.00866. The van der Waals surface area contributed by atoms with Gasteiger partial charge in [-0.05, 0) is 129 Å². The summed E-state index contributed by atoms with van der Waals surface area (Å²) in [6, 6.07) is 57.8. The van der Waals surface area contributed by atoms with E-state index in [1.165, 1.54) is 92.9 Å². The van der Waals surface area contributed by atoms with E-state index in [9.17, 15) is 39.0 Å². The Morgan fingerprint density at radius 2 is 0.898 bits per heavy atom. The number of anilines is 1. The van der Waals surface area contributed by atoms with Crippen molar-refractivity contribution in [2.45, 2.75) is 157 Å². The van der Waals surface area contributed by atoms with Gasteiger partial charge in [-0.1, -0.05) is 172 Å². The van der Waals surface area contributed by atoms with Crippen molar-refractivity contribution in [2.24, 2.45) is 5.92 Å². The Labute approximate surface area is 623 Å². The van der Waals surface area contributed by atoms with Gasteiger partial charge in [0.05, 0.1) is 70.0 Å². The van der Waals surface area contributed by atoms with Crippen LogP contribution < -0.4 is 10.1 Å². The number of aromatic hydroxyl groups is 1. The molecule has 2 aliphatic carbocycles. The molecule has 14 atom stereocenters. The van der Waals surface area contributed by atoms with Crippen LogP contribution in [0.4, 0.5) is 5.69 Å². The lowest BCUT2D eigenvalue weighted by atomic mass is 9.85. The van der Waals surface area contributed by atoms with Gasteiger partial charge < -0.3 is 77.1 Å². The van der Waals surface area contributed by atoms with E-state index in [1.807, 2.05) is 6.07 Å². The summed E-state index contributed by atoms with van der Waals surface area (Å²) in [6.45, 7) is 0.647. The molecule has 0 spiro atoms. The second-order valence-corrected chi connectivity index (χ2v) is 26.7. The number of carbonyl (C=O) groups excluding carboxylic acids is 7. The zero-order chi connectivity index (χ0) is 75.5. The predicted octanol–water partition coefficient (Wildman–Crippen LogP) is 12.8. The van der Waals surface area contributed by atoms with E-state index < -0.39 is 146 Å². The van der Waals surface area contributed by atoms with Gasteiger partial charge in [0.2, 0.25) is 0 Å². The molecule has 2 saturated carbocycles. The van der Waals surface area contributed by atoms with Crippen LogP contribution in [0.25, 0.3) is 0 Å². The van der Waals surface area contributed by atoms with Crippen LogP contribution in [-0.4, -0.2) is 157 Å². The second kappa shape index (κ2) is 36.8. The average Bonchev–Trinajstić information content (AvgIpc) is 0.768. The molecule has 2 saturated heterocycles. The minimum atomic E-state index is -1.93.